The molecule has 0 heterocycles. The average Bonchev–Trinajstić information content (AvgIpc) is 1.96. The molecule has 1 atom stereocenters. The lowest BCUT2D eigenvalue weighted by Gasteiger charge is -2.08. The molecule has 0 aromatic carbocycles. The Morgan fingerprint density at radius 2 is 2.15 bits per heavy atom. The number of hydrogen-bond acceptors (Lipinski definition) is 5. The molecule has 0 aliphatic heterocycles. The molecule has 1 unspecified atom stereocenters. The van der Waals surface area contributed by atoms with E-state index in [9.17, 15) is 9.59 Å². The van der Waals surface area contributed by atoms with Crippen LogP contribution in [0.2, 0.25) is 0 Å². The van der Waals surface area contributed by atoms with Crippen LogP contribution in [0.1, 0.15) is 6.42 Å². The summed E-state index contributed by atoms with van der Waals surface area (Å²) in [4.78, 5) is 24.6. The monoisotopic (exact) mass is 192 g/mol. The maximum absolute atomic E-state index is 10.1. The fraction of sp³-hybridized carbons (Fsp3) is 0.667. The summed E-state index contributed by atoms with van der Waals surface area (Å²) >= 11 is 0. The summed E-state index contributed by atoms with van der Waals surface area (Å²) in [5.74, 6) is -1.76. The predicted molar refractivity (Wildman–Crippen MR) is 41.4 cm³/mol. The van der Waals surface area contributed by atoms with E-state index in [2.05, 4.69) is 10.3 Å². The number of carbonyl (C=O) groups is 2. The molecule has 1 amide bonds. The Morgan fingerprint density at radius 1 is 1.54 bits per heavy atom. The van der Waals surface area contributed by atoms with Crippen LogP contribution < -0.4 is 11.2 Å². The van der Waals surface area contributed by atoms with E-state index in [1.54, 1.807) is 0 Å². The van der Waals surface area contributed by atoms with E-state index < -0.39 is 18.0 Å². The topological polar surface area (TPSA) is 122 Å². The second-order valence-electron chi connectivity index (χ2n) is 2.36. The third-order valence-corrected chi connectivity index (χ3v) is 1.05. The normalized spacial score (nSPS) is 12.4. The number of rotatable bonds is 7. The zero-order chi connectivity index (χ0) is 10.3. The van der Waals surface area contributed by atoms with Gasteiger partial charge >= 0.3 is 5.97 Å². The van der Waals surface area contributed by atoms with Gasteiger partial charge in [0.05, 0.1) is 12.5 Å². The third-order valence-electron chi connectivity index (χ3n) is 1.05. The van der Waals surface area contributed by atoms with Gasteiger partial charge in [0.2, 0.25) is 5.91 Å². The quantitative estimate of drug-likeness (QED) is 0.269. The van der Waals surface area contributed by atoms with Crippen molar-refractivity contribution in [3.05, 3.63) is 0 Å². The first-order chi connectivity index (χ1) is 6.02. The Kier molecular flexibility index (Phi) is 5.77. The highest BCUT2D eigenvalue weighted by Crippen LogP contribution is 1.88. The molecule has 7 nitrogen and oxygen atoms in total. The second-order valence-corrected chi connectivity index (χ2v) is 2.36. The molecule has 0 saturated carbocycles. The van der Waals surface area contributed by atoms with Crippen LogP contribution in [0, 0.1) is 0 Å². The van der Waals surface area contributed by atoms with Gasteiger partial charge < -0.3 is 15.9 Å². The molecule has 0 aromatic heterocycles. The Bertz CT molecular complexity index is 184. The van der Waals surface area contributed by atoms with Crippen LogP contribution in [0.3, 0.4) is 0 Å². The Hall–Kier alpha value is -1.18. The number of carbonyl (C=O) groups excluding carboxylic acids is 1. The van der Waals surface area contributed by atoms with Crippen LogP contribution in [-0.4, -0.2) is 41.3 Å². The average molecular weight is 192 g/mol. The Labute approximate surface area is 74.4 Å². The van der Waals surface area contributed by atoms with Crippen LogP contribution >= 0.6 is 0 Å². The number of hydroxylamine groups is 1. The van der Waals surface area contributed by atoms with E-state index in [0.717, 1.165) is 0 Å². The van der Waals surface area contributed by atoms with Crippen molar-refractivity contribution < 1.29 is 24.6 Å². The van der Waals surface area contributed by atoms with Crippen molar-refractivity contribution >= 4 is 11.9 Å². The van der Waals surface area contributed by atoms with Gasteiger partial charge in [0.15, 0.2) is 0 Å². The van der Waals surface area contributed by atoms with Crippen LogP contribution in [0.5, 0.6) is 0 Å². The van der Waals surface area contributed by atoms with Gasteiger partial charge in [-0.15, -0.1) is 0 Å². The molecule has 0 saturated heterocycles. The molecule has 76 valence electrons. The zero-order valence-electron chi connectivity index (χ0n) is 6.90. The number of aliphatic carboxylic acids is 1. The molecule has 0 aromatic rings. The number of nitrogens with one attached hydrogen (secondary N) is 1. The summed E-state index contributed by atoms with van der Waals surface area (Å²) in [6.07, 6.45) is -1.43. The van der Waals surface area contributed by atoms with Gasteiger partial charge in [-0.1, -0.05) is 0 Å². The molecule has 5 N–H and O–H groups in total. The lowest BCUT2D eigenvalue weighted by Crippen LogP contribution is -2.31. The van der Waals surface area contributed by atoms with Crippen LogP contribution in [-0.2, 0) is 14.4 Å². The van der Waals surface area contributed by atoms with Crippen molar-refractivity contribution in [2.24, 2.45) is 5.73 Å². The summed E-state index contributed by atoms with van der Waals surface area (Å²) in [5.41, 5.74) is 6.94. The minimum absolute atomic E-state index is 0.0699. The molecule has 0 aliphatic rings. The van der Waals surface area contributed by atoms with Crippen molar-refractivity contribution in [3.8, 4) is 0 Å². The molecule has 0 spiro atoms. The number of amides is 1. The molecule has 0 rings (SSSR count). The highest BCUT2D eigenvalue weighted by atomic mass is 16.6. The third kappa shape index (κ3) is 8.73. The number of carboxylic acids is 1. The van der Waals surface area contributed by atoms with E-state index in [1.807, 2.05) is 0 Å². The standard InChI is InChI=1S/C6H12N2O5/c7-5(10)3-13-8-2-4(9)1-6(11)12/h4,8-9H,1-3H2,(H2,7,10)(H,11,12). The number of aliphatic hydroxyl groups is 1. The number of primary amides is 1. The maximum Gasteiger partial charge on any atom is 0.306 e. The maximum atomic E-state index is 10.1. The summed E-state index contributed by atoms with van der Waals surface area (Å²) in [6.45, 7) is -0.390. The van der Waals surface area contributed by atoms with Crippen molar-refractivity contribution in [2.45, 2.75) is 12.5 Å². The lowest BCUT2D eigenvalue weighted by atomic mass is 10.2. The lowest BCUT2D eigenvalue weighted by molar-refractivity contribution is -0.140. The highest BCUT2D eigenvalue weighted by molar-refractivity contribution is 5.74. The van der Waals surface area contributed by atoms with Crippen LogP contribution in [0.15, 0.2) is 0 Å². The predicted octanol–water partition coefficient (Wildman–Crippen LogP) is -2.17. The first-order valence-corrected chi connectivity index (χ1v) is 3.55. The number of nitrogens with two attached hydrogens (primary N) is 1. The van der Waals surface area contributed by atoms with Crippen molar-refractivity contribution in [1.82, 2.24) is 5.48 Å². The van der Waals surface area contributed by atoms with E-state index in [4.69, 9.17) is 15.9 Å². The Morgan fingerprint density at radius 3 is 2.62 bits per heavy atom. The summed E-state index contributed by atoms with van der Waals surface area (Å²) in [6, 6.07) is 0. The molecular weight excluding hydrogens is 180 g/mol. The molecule has 0 fully saturated rings. The SMILES string of the molecule is NC(=O)CONCC(O)CC(=O)O. The van der Waals surface area contributed by atoms with Crippen LogP contribution in [0.25, 0.3) is 0 Å². The fourth-order valence-electron chi connectivity index (χ4n) is 0.551. The Balaban J connectivity index is 3.31. The van der Waals surface area contributed by atoms with Crippen molar-refractivity contribution in [2.75, 3.05) is 13.2 Å². The molecular formula is C6H12N2O5. The van der Waals surface area contributed by atoms with Gasteiger partial charge in [-0.2, -0.15) is 5.48 Å². The number of carboxylic acid groups (broad SMARTS) is 1. The molecule has 0 aliphatic carbocycles. The van der Waals surface area contributed by atoms with Gasteiger partial charge in [0.25, 0.3) is 0 Å². The van der Waals surface area contributed by atoms with Gasteiger partial charge in [-0.05, 0) is 0 Å². The minimum atomic E-state index is -1.11. The molecule has 0 bridgehead atoms. The molecule has 7 heteroatoms. The zero-order valence-corrected chi connectivity index (χ0v) is 6.90. The first kappa shape index (κ1) is 11.8. The molecule has 13 heavy (non-hydrogen) atoms. The van der Waals surface area contributed by atoms with Gasteiger partial charge in [-0.3, -0.25) is 14.4 Å². The highest BCUT2D eigenvalue weighted by Gasteiger charge is 2.08. The van der Waals surface area contributed by atoms with Crippen LogP contribution in [0.4, 0.5) is 0 Å². The smallest absolute Gasteiger partial charge is 0.306 e. The van der Waals surface area contributed by atoms with Gasteiger partial charge in [-0.25, -0.2) is 0 Å². The molecule has 0 radical (unpaired) electrons. The van der Waals surface area contributed by atoms with Gasteiger partial charge in [0, 0.05) is 6.54 Å². The first-order valence-electron chi connectivity index (χ1n) is 3.55. The fourth-order valence-corrected chi connectivity index (χ4v) is 0.551. The minimum Gasteiger partial charge on any atom is -0.481 e. The van der Waals surface area contributed by atoms with E-state index >= 15 is 0 Å². The van der Waals surface area contributed by atoms with E-state index in [-0.39, 0.29) is 19.6 Å². The summed E-state index contributed by atoms with van der Waals surface area (Å²) in [5, 5.41) is 17.2. The van der Waals surface area contributed by atoms with Crippen molar-refractivity contribution in [3.63, 3.8) is 0 Å². The van der Waals surface area contributed by atoms with Gasteiger partial charge in [0.1, 0.15) is 6.61 Å². The van der Waals surface area contributed by atoms with Crippen molar-refractivity contribution in [1.29, 1.82) is 0 Å². The summed E-state index contributed by atoms with van der Waals surface area (Å²) < 4.78 is 0. The number of aliphatic hydroxyl groups excluding tert-OH is 1. The number of hydrogen-bond donors (Lipinski definition) is 4. The second kappa shape index (κ2) is 6.35. The van der Waals surface area contributed by atoms with E-state index in [0.29, 0.717) is 0 Å². The van der Waals surface area contributed by atoms with E-state index in [1.165, 1.54) is 0 Å². The summed E-state index contributed by atoms with van der Waals surface area (Å²) in [7, 11) is 0. The largest absolute Gasteiger partial charge is 0.481 e.